The molecule has 32 heavy (non-hydrogen) atoms. The van der Waals surface area contributed by atoms with Gasteiger partial charge in [0.05, 0.1) is 11.7 Å². The molecule has 1 aliphatic heterocycles. The monoisotopic (exact) mass is 482 g/mol. The fourth-order valence-corrected chi connectivity index (χ4v) is 5.83. The van der Waals surface area contributed by atoms with Crippen molar-refractivity contribution < 1.29 is 13.6 Å². The Morgan fingerprint density at radius 2 is 1.47 bits per heavy atom. The number of nitrogens with one attached hydrogen (secondary N) is 1. The second-order valence-electron chi connectivity index (χ2n) is 11.9. The Morgan fingerprint density at radius 3 is 1.91 bits per heavy atom. The summed E-state index contributed by atoms with van der Waals surface area (Å²) in [4.78, 5) is 27.2. The molecule has 7 nitrogen and oxygen atoms in total. The first kappa shape index (κ1) is 27.0. The summed E-state index contributed by atoms with van der Waals surface area (Å²) in [7, 11) is -4.39. The SMILES string of the molecule is C=Cc1cn([C@@H]2O[C@H](C)[C@@H](O[Si](C)(C)C(C)(C)C)[C@H]2O[Si](C)(C)C(C)(C)C)c(=O)[nH]c1=O. The summed E-state index contributed by atoms with van der Waals surface area (Å²) in [5, 5.41) is -0.0235. The summed E-state index contributed by atoms with van der Waals surface area (Å²) in [5.74, 6) is 0. The average molecular weight is 483 g/mol. The maximum atomic E-state index is 12.8. The Kier molecular flexibility index (Phi) is 7.44. The van der Waals surface area contributed by atoms with E-state index in [4.69, 9.17) is 13.6 Å². The third kappa shape index (κ3) is 5.27. The molecule has 1 saturated heterocycles. The molecule has 0 unspecified atom stereocenters. The van der Waals surface area contributed by atoms with Crippen molar-refractivity contribution in [2.24, 2.45) is 0 Å². The number of rotatable bonds is 6. The number of hydrogen-bond donors (Lipinski definition) is 1. The molecule has 0 bridgehead atoms. The van der Waals surface area contributed by atoms with Gasteiger partial charge in [0.1, 0.15) is 12.2 Å². The Hall–Kier alpha value is -1.27. The summed E-state index contributed by atoms with van der Waals surface area (Å²) in [6.07, 6.45) is 1.12. The fourth-order valence-electron chi connectivity index (χ4n) is 3.19. The maximum absolute atomic E-state index is 12.8. The van der Waals surface area contributed by atoms with Crippen molar-refractivity contribution in [2.75, 3.05) is 0 Å². The van der Waals surface area contributed by atoms with Gasteiger partial charge >= 0.3 is 5.69 Å². The highest BCUT2D eigenvalue weighted by Gasteiger charge is 2.53. The largest absolute Gasteiger partial charge is 0.409 e. The van der Waals surface area contributed by atoms with Crippen LogP contribution in [0.2, 0.25) is 36.3 Å². The van der Waals surface area contributed by atoms with Gasteiger partial charge in [0.15, 0.2) is 22.9 Å². The van der Waals surface area contributed by atoms with Gasteiger partial charge in [-0.2, -0.15) is 0 Å². The first-order chi connectivity index (χ1) is 14.3. The number of ether oxygens (including phenoxy) is 1. The molecule has 0 aliphatic carbocycles. The molecule has 0 aromatic carbocycles. The van der Waals surface area contributed by atoms with E-state index in [-0.39, 0.29) is 22.3 Å². The topological polar surface area (TPSA) is 82.6 Å². The van der Waals surface area contributed by atoms with Crippen molar-refractivity contribution in [3.63, 3.8) is 0 Å². The minimum absolute atomic E-state index is 0.0111. The molecule has 4 atom stereocenters. The van der Waals surface area contributed by atoms with E-state index in [0.29, 0.717) is 5.56 Å². The molecule has 1 N–H and O–H groups in total. The van der Waals surface area contributed by atoms with Gasteiger partial charge in [-0.05, 0) is 43.2 Å². The van der Waals surface area contributed by atoms with Crippen LogP contribution in [0.15, 0.2) is 22.4 Å². The van der Waals surface area contributed by atoms with Crippen LogP contribution in [-0.2, 0) is 13.6 Å². The minimum Gasteiger partial charge on any atom is -0.409 e. The van der Waals surface area contributed by atoms with Gasteiger partial charge in [-0.15, -0.1) is 0 Å². The van der Waals surface area contributed by atoms with Gasteiger partial charge in [-0.25, -0.2) is 4.79 Å². The summed E-state index contributed by atoms with van der Waals surface area (Å²) >= 11 is 0. The Balaban J connectivity index is 2.60. The molecular weight excluding hydrogens is 440 g/mol. The molecule has 182 valence electrons. The van der Waals surface area contributed by atoms with Crippen molar-refractivity contribution in [3.05, 3.63) is 39.2 Å². The van der Waals surface area contributed by atoms with Crippen molar-refractivity contribution in [1.29, 1.82) is 0 Å². The molecule has 2 heterocycles. The zero-order valence-electron chi connectivity index (χ0n) is 21.7. The Bertz CT molecular complexity index is 953. The zero-order valence-corrected chi connectivity index (χ0v) is 23.7. The third-order valence-corrected chi connectivity index (χ3v) is 16.3. The molecule has 1 aliphatic rings. The van der Waals surface area contributed by atoms with Crippen LogP contribution in [-0.4, -0.2) is 44.5 Å². The van der Waals surface area contributed by atoms with Crippen LogP contribution >= 0.6 is 0 Å². The van der Waals surface area contributed by atoms with Crippen molar-refractivity contribution in [2.45, 2.75) is 109 Å². The summed E-state index contributed by atoms with van der Waals surface area (Å²) in [5.41, 5.74) is -0.696. The smallest absolute Gasteiger partial charge is 0.330 e. The highest BCUT2D eigenvalue weighted by atomic mass is 28.4. The Morgan fingerprint density at radius 1 is 1.00 bits per heavy atom. The van der Waals surface area contributed by atoms with Gasteiger partial charge < -0.3 is 13.6 Å². The molecule has 2 rings (SSSR count). The summed E-state index contributed by atoms with van der Waals surface area (Å²) in [6, 6.07) is 0. The van der Waals surface area contributed by atoms with Crippen LogP contribution in [0.4, 0.5) is 0 Å². The van der Waals surface area contributed by atoms with E-state index < -0.39 is 40.2 Å². The lowest BCUT2D eigenvalue weighted by Crippen LogP contribution is -2.53. The molecule has 1 aromatic heterocycles. The van der Waals surface area contributed by atoms with E-state index in [2.05, 4.69) is 79.3 Å². The maximum Gasteiger partial charge on any atom is 0.330 e. The van der Waals surface area contributed by atoms with E-state index in [9.17, 15) is 9.59 Å². The van der Waals surface area contributed by atoms with Gasteiger partial charge in [0, 0.05) is 6.20 Å². The van der Waals surface area contributed by atoms with E-state index in [1.165, 1.54) is 16.8 Å². The lowest BCUT2D eigenvalue weighted by molar-refractivity contribution is -0.0312. The van der Waals surface area contributed by atoms with Gasteiger partial charge in [-0.3, -0.25) is 14.3 Å². The molecule has 0 spiro atoms. The summed E-state index contributed by atoms with van der Waals surface area (Å²) < 4.78 is 21.4. The van der Waals surface area contributed by atoms with Crippen LogP contribution in [0.1, 0.15) is 60.3 Å². The molecule has 0 saturated carbocycles. The van der Waals surface area contributed by atoms with Gasteiger partial charge in [0.25, 0.3) is 5.56 Å². The zero-order chi connectivity index (χ0) is 24.9. The lowest BCUT2D eigenvalue weighted by atomic mass is 10.1. The third-order valence-electron chi connectivity index (χ3n) is 7.38. The highest BCUT2D eigenvalue weighted by Crippen LogP contribution is 2.45. The predicted molar refractivity (Wildman–Crippen MR) is 135 cm³/mol. The van der Waals surface area contributed by atoms with Crippen LogP contribution in [0.25, 0.3) is 6.08 Å². The van der Waals surface area contributed by atoms with Crippen molar-refractivity contribution in [3.8, 4) is 0 Å². The van der Waals surface area contributed by atoms with Crippen molar-refractivity contribution >= 4 is 22.7 Å². The molecule has 0 radical (unpaired) electrons. The van der Waals surface area contributed by atoms with E-state index in [0.717, 1.165) is 0 Å². The number of aromatic nitrogens is 2. The number of hydrogen-bond acceptors (Lipinski definition) is 5. The van der Waals surface area contributed by atoms with Crippen LogP contribution in [0, 0.1) is 0 Å². The van der Waals surface area contributed by atoms with Crippen LogP contribution in [0.5, 0.6) is 0 Å². The first-order valence-electron chi connectivity index (χ1n) is 11.3. The first-order valence-corrected chi connectivity index (χ1v) is 17.1. The number of nitrogens with zero attached hydrogens (tertiary/aromatic N) is 1. The second kappa shape index (κ2) is 8.83. The van der Waals surface area contributed by atoms with Gasteiger partial charge in [-0.1, -0.05) is 54.2 Å². The average Bonchev–Trinajstić information content (AvgIpc) is 2.88. The van der Waals surface area contributed by atoms with E-state index in [1.54, 1.807) is 0 Å². The van der Waals surface area contributed by atoms with E-state index >= 15 is 0 Å². The molecule has 1 fully saturated rings. The lowest BCUT2D eigenvalue weighted by Gasteiger charge is -2.44. The standard InChI is InChI=1S/C23H42N2O5Si2/c1-13-16-14-25(21(27)24-19(16)26)20-18(30-32(11,12)23(6,7)8)17(15(2)28-20)29-31(9,10)22(3,4)5/h13-15,17-18,20H,1H2,2-12H3,(H,24,26,27)/t15-,17-,18-,20-/m1/s1. The van der Waals surface area contributed by atoms with Gasteiger partial charge in [0.2, 0.25) is 0 Å². The summed E-state index contributed by atoms with van der Waals surface area (Å²) in [6.45, 7) is 27.6. The van der Waals surface area contributed by atoms with Crippen LogP contribution < -0.4 is 11.2 Å². The minimum atomic E-state index is -2.24. The molecule has 0 amide bonds. The Labute approximate surface area is 194 Å². The fraction of sp³-hybridized carbons (Fsp3) is 0.739. The predicted octanol–water partition coefficient (Wildman–Crippen LogP) is 4.88. The normalized spacial score (nSPS) is 25.2. The highest BCUT2D eigenvalue weighted by molar-refractivity contribution is 6.74. The molecular formula is C23H42N2O5Si2. The second-order valence-corrected chi connectivity index (χ2v) is 21.4. The molecule has 9 heteroatoms. The van der Waals surface area contributed by atoms with E-state index in [1.807, 2.05) is 6.92 Å². The molecule has 1 aromatic rings. The van der Waals surface area contributed by atoms with Crippen LogP contribution in [0.3, 0.4) is 0 Å². The quantitative estimate of drug-likeness (QED) is 0.585. The van der Waals surface area contributed by atoms with Crippen molar-refractivity contribution in [1.82, 2.24) is 9.55 Å². The number of H-pyrrole nitrogens is 1. The number of aromatic amines is 1.